The van der Waals surface area contributed by atoms with Crippen LogP contribution in [-0.2, 0) is 12.1 Å². The van der Waals surface area contributed by atoms with Crippen LogP contribution >= 0.6 is 11.6 Å². The third-order valence-electron chi connectivity index (χ3n) is 3.70. The Morgan fingerprint density at radius 2 is 2.05 bits per heavy atom. The lowest BCUT2D eigenvalue weighted by atomic mass is 9.89. The lowest BCUT2D eigenvalue weighted by molar-refractivity contribution is -0.0873. The quantitative estimate of drug-likeness (QED) is 0.875. The van der Waals surface area contributed by atoms with Gasteiger partial charge >= 0.3 is 0 Å². The number of hydrogen-bond donors (Lipinski definition) is 1. The van der Waals surface area contributed by atoms with E-state index in [1.807, 2.05) is 0 Å². The Hall–Kier alpha value is -1.91. The zero-order valence-corrected chi connectivity index (χ0v) is 11.6. The first-order chi connectivity index (χ1) is 9.54. The zero-order valence-electron chi connectivity index (χ0n) is 10.9. The van der Waals surface area contributed by atoms with Gasteiger partial charge in [0.15, 0.2) is 5.72 Å². The zero-order chi connectivity index (χ0) is 14.3. The fraction of sp³-hybridized carbons (Fsp3) is 0.200. The molecule has 0 spiro atoms. The van der Waals surface area contributed by atoms with Crippen molar-refractivity contribution in [2.75, 3.05) is 7.05 Å². The standard InChI is InChI=1S/C15H13ClN2O2/c1-18-14(19)10-5-4-8-17-13(10)9-15(18,20)11-6-2-3-7-12(11)16/h2-8,20H,9H2,1H3/t15-/m1/s1. The summed E-state index contributed by atoms with van der Waals surface area (Å²) in [5, 5.41) is 11.4. The Bertz CT molecular complexity index is 689. The Morgan fingerprint density at radius 3 is 2.80 bits per heavy atom. The highest BCUT2D eigenvalue weighted by atomic mass is 35.5. The van der Waals surface area contributed by atoms with E-state index in [1.54, 1.807) is 49.6 Å². The SMILES string of the molecule is CN1C(=O)c2cccnc2C[C@@]1(O)c1ccccc1Cl. The van der Waals surface area contributed by atoms with Gasteiger partial charge in [0.25, 0.3) is 5.91 Å². The molecule has 0 saturated carbocycles. The van der Waals surface area contributed by atoms with Crippen LogP contribution in [0.5, 0.6) is 0 Å². The number of benzene rings is 1. The van der Waals surface area contributed by atoms with E-state index in [0.29, 0.717) is 21.8 Å². The van der Waals surface area contributed by atoms with Gasteiger partial charge in [-0.2, -0.15) is 0 Å². The average Bonchev–Trinajstić information content (AvgIpc) is 2.45. The van der Waals surface area contributed by atoms with Gasteiger partial charge in [-0.15, -0.1) is 0 Å². The van der Waals surface area contributed by atoms with E-state index in [4.69, 9.17) is 11.6 Å². The predicted octanol–water partition coefficient (Wildman–Crippen LogP) is 2.21. The molecule has 1 aliphatic heterocycles. The van der Waals surface area contributed by atoms with Gasteiger partial charge in [-0.3, -0.25) is 9.78 Å². The minimum absolute atomic E-state index is 0.217. The number of hydrogen-bond acceptors (Lipinski definition) is 3. The van der Waals surface area contributed by atoms with Crippen molar-refractivity contribution in [1.29, 1.82) is 0 Å². The fourth-order valence-electron chi connectivity index (χ4n) is 2.54. The second-order valence-electron chi connectivity index (χ2n) is 4.84. The maximum Gasteiger partial charge on any atom is 0.257 e. The molecule has 0 aliphatic carbocycles. The number of nitrogens with zero attached hydrogens (tertiary/aromatic N) is 2. The number of halogens is 1. The molecule has 0 radical (unpaired) electrons. The van der Waals surface area contributed by atoms with Crippen molar-refractivity contribution in [3.8, 4) is 0 Å². The first-order valence-corrected chi connectivity index (χ1v) is 6.61. The first-order valence-electron chi connectivity index (χ1n) is 6.23. The molecular formula is C15H13ClN2O2. The third-order valence-corrected chi connectivity index (χ3v) is 4.03. The highest BCUT2D eigenvalue weighted by Crippen LogP contribution is 2.37. The van der Waals surface area contributed by atoms with Crippen molar-refractivity contribution in [3.63, 3.8) is 0 Å². The molecule has 1 atom stereocenters. The van der Waals surface area contributed by atoms with E-state index < -0.39 is 5.72 Å². The van der Waals surface area contributed by atoms with Crippen LogP contribution in [0.2, 0.25) is 5.02 Å². The minimum atomic E-state index is -1.48. The molecule has 1 aromatic heterocycles. The van der Waals surface area contributed by atoms with E-state index in [1.165, 1.54) is 4.90 Å². The first kappa shape index (κ1) is 13.1. The topological polar surface area (TPSA) is 53.4 Å². The maximum atomic E-state index is 12.4. The van der Waals surface area contributed by atoms with Gasteiger partial charge in [0.1, 0.15) is 0 Å². The molecule has 0 saturated heterocycles. The number of carbonyl (C=O) groups excluding carboxylic acids is 1. The normalized spacial score (nSPS) is 21.8. The molecule has 102 valence electrons. The number of amides is 1. The summed E-state index contributed by atoms with van der Waals surface area (Å²) in [4.78, 5) is 17.9. The number of rotatable bonds is 1. The van der Waals surface area contributed by atoms with Crippen LogP contribution in [-0.4, -0.2) is 27.9 Å². The molecule has 3 rings (SSSR count). The van der Waals surface area contributed by atoms with Crippen LogP contribution < -0.4 is 0 Å². The molecule has 0 unspecified atom stereocenters. The minimum Gasteiger partial charge on any atom is -0.366 e. The lowest BCUT2D eigenvalue weighted by Gasteiger charge is -2.41. The summed E-state index contributed by atoms with van der Waals surface area (Å²) in [5.41, 5.74) is 0.134. The van der Waals surface area contributed by atoms with Gasteiger partial charge in [-0.1, -0.05) is 29.8 Å². The molecule has 2 aromatic rings. The van der Waals surface area contributed by atoms with E-state index in [0.717, 1.165) is 0 Å². The number of aromatic nitrogens is 1. The van der Waals surface area contributed by atoms with Crippen molar-refractivity contribution < 1.29 is 9.90 Å². The summed E-state index contributed by atoms with van der Waals surface area (Å²) < 4.78 is 0. The summed E-state index contributed by atoms with van der Waals surface area (Å²) in [6.45, 7) is 0. The number of pyridine rings is 1. The summed E-state index contributed by atoms with van der Waals surface area (Å²) in [7, 11) is 1.57. The van der Waals surface area contributed by atoms with Crippen molar-refractivity contribution in [2.24, 2.45) is 0 Å². The molecule has 4 nitrogen and oxygen atoms in total. The average molecular weight is 289 g/mol. The van der Waals surface area contributed by atoms with Gasteiger partial charge in [0, 0.05) is 30.3 Å². The Balaban J connectivity index is 2.17. The van der Waals surface area contributed by atoms with E-state index >= 15 is 0 Å². The second-order valence-corrected chi connectivity index (χ2v) is 5.24. The summed E-state index contributed by atoms with van der Waals surface area (Å²) in [6, 6.07) is 10.4. The van der Waals surface area contributed by atoms with Crippen molar-refractivity contribution in [3.05, 3.63) is 64.4 Å². The van der Waals surface area contributed by atoms with Gasteiger partial charge < -0.3 is 10.0 Å². The van der Waals surface area contributed by atoms with Crippen LogP contribution in [0, 0.1) is 0 Å². The number of aliphatic hydroxyl groups is 1. The molecule has 1 N–H and O–H groups in total. The second kappa shape index (κ2) is 4.58. The predicted molar refractivity (Wildman–Crippen MR) is 75.4 cm³/mol. The third kappa shape index (κ3) is 1.80. The molecule has 20 heavy (non-hydrogen) atoms. The van der Waals surface area contributed by atoms with Crippen molar-refractivity contribution in [1.82, 2.24) is 9.88 Å². The molecular weight excluding hydrogens is 276 g/mol. The van der Waals surface area contributed by atoms with Gasteiger partial charge in [0.05, 0.1) is 11.3 Å². The summed E-state index contributed by atoms with van der Waals surface area (Å²) >= 11 is 6.17. The number of likely N-dealkylation sites (N-methyl/N-ethyl adjacent to an activating group) is 1. The van der Waals surface area contributed by atoms with Crippen LogP contribution in [0.1, 0.15) is 21.6 Å². The number of fused-ring (bicyclic) bond motifs is 1. The lowest BCUT2D eigenvalue weighted by Crippen LogP contribution is -2.52. The van der Waals surface area contributed by atoms with Crippen LogP contribution in [0.25, 0.3) is 0 Å². The molecule has 1 aliphatic rings. The monoisotopic (exact) mass is 288 g/mol. The fourth-order valence-corrected chi connectivity index (χ4v) is 2.82. The summed E-state index contributed by atoms with van der Waals surface area (Å²) in [6.07, 6.45) is 1.83. The Kier molecular flexibility index (Phi) is 3.00. The van der Waals surface area contributed by atoms with E-state index in [9.17, 15) is 9.90 Å². The molecule has 1 aromatic carbocycles. The van der Waals surface area contributed by atoms with Gasteiger partial charge in [-0.05, 0) is 18.2 Å². The van der Waals surface area contributed by atoms with Crippen molar-refractivity contribution in [2.45, 2.75) is 12.1 Å². The van der Waals surface area contributed by atoms with Crippen LogP contribution in [0.4, 0.5) is 0 Å². The molecule has 2 heterocycles. The van der Waals surface area contributed by atoms with Crippen LogP contribution in [0.3, 0.4) is 0 Å². The van der Waals surface area contributed by atoms with Gasteiger partial charge in [0.2, 0.25) is 0 Å². The molecule has 0 fully saturated rings. The number of carbonyl (C=O) groups is 1. The molecule has 1 amide bonds. The van der Waals surface area contributed by atoms with Crippen LogP contribution in [0.15, 0.2) is 42.6 Å². The van der Waals surface area contributed by atoms with Gasteiger partial charge in [-0.25, -0.2) is 0 Å². The Morgan fingerprint density at radius 1 is 1.30 bits per heavy atom. The highest BCUT2D eigenvalue weighted by Gasteiger charge is 2.44. The van der Waals surface area contributed by atoms with E-state index in [2.05, 4.69) is 4.98 Å². The molecule has 0 bridgehead atoms. The largest absolute Gasteiger partial charge is 0.366 e. The highest BCUT2D eigenvalue weighted by molar-refractivity contribution is 6.31. The van der Waals surface area contributed by atoms with E-state index in [-0.39, 0.29) is 12.3 Å². The smallest absolute Gasteiger partial charge is 0.257 e. The maximum absolute atomic E-state index is 12.4. The van der Waals surface area contributed by atoms with Crippen molar-refractivity contribution >= 4 is 17.5 Å². The Labute approximate surface area is 121 Å². The summed E-state index contributed by atoms with van der Waals surface area (Å²) in [5.74, 6) is -0.262. The molecule has 5 heteroatoms.